The summed E-state index contributed by atoms with van der Waals surface area (Å²) in [5.41, 5.74) is 9.36. The second-order valence-electron chi connectivity index (χ2n) is 5.19. The fourth-order valence-corrected chi connectivity index (χ4v) is 2.55. The van der Waals surface area contributed by atoms with Gasteiger partial charge in [0.2, 0.25) is 0 Å². The molecular formula is C16H20N4. The number of hydrogen-bond acceptors (Lipinski definition) is 2. The van der Waals surface area contributed by atoms with Gasteiger partial charge in [0, 0.05) is 30.4 Å². The van der Waals surface area contributed by atoms with Crippen molar-refractivity contribution in [1.82, 2.24) is 14.3 Å². The maximum atomic E-state index is 5.90. The largest absolute Gasteiger partial charge is 0.348 e. The Morgan fingerprint density at radius 3 is 2.75 bits per heavy atom. The van der Waals surface area contributed by atoms with Gasteiger partial charge in [0.05, 0.1) is 17.8 Å². The number of aromatic nitrogens is 3. The van der Waals surface area contributed by atoms with Crippen LogP contribution in [0.2, 0.25) is 0 Å². The molecule has 104 valence electrons. The van der Waals surface area contributed by atoms with Gasteiger partial charge in [-0.15, -0.1) is 0 Å². The van der Waals surface area contributed by atoms with Gasteiger partial charge < -0.3 is 10.3 Å². The molecule has 3 aromatic rings. The van der Waals surface area contributed by atoms with Crippen molar-refractivity contribution in [3.8, 4) is 0 Å². The number of aryl methyl sites for hydroxylation is 1. The van der Waals surface area contributed by atoms with Crippen LogP contribution in [0.5, 0.6) is 0 Å². The summed E-state index contributed by atoms with van der Waals surface area (Å²) in [6, 6.07) is 10.5. The van der Waals surface area contributed by atoms with Gasteiger partial charge in [-0.25, -0.2) is 0 Å². The number of fused-ring (bicyclic) bond motifs is 1. The minimum atomic E-state index is 0.0705. The number of rotatable bonds is 4. The van der Waals surface area contributed by atoms with Crippen LogP contribution in [-0.4, -0.2) is 14.3 Å². The molecule has 0 saturated heterocycles. The molecule has 4 nitrogen and oxygen atoms in total. The first kappa shape index (κ1) is 12.9. The summed E-state index contributed by atoms with van der Waals surface area (Å²) in [5.74, 6) is 0. The second-order valence-corrected chi connectivity index (χ2v) is 5.19. The molecular weight excluding hydrogens is 248 g/mol. The molecule has 0 bridgehead atoms. The lowest BCUT2D eigenvalue weighted by atomic mass is 10.2. The highest BCUT2D eigenvalue weighted by atomic mass is 15.3. The van der Waals surface area contributed by atoms with Crippen LogP contribution in [0, 0.1) is 0 Å². The van der Waals surface area contributed by atoms with Gasteiger partial charge in [-0.1, -0.05) is 18.2 Å². The van der Waals surface area contributed by atoms with E-state index in [1.165, 1.54) is 10.9 Å². The molecule has 0 saturated carbocycles. The molecule has 3 rings (SSSR count). The predicted molar refractivity (Wildman–Crippen MR) is 81.5 cm³/mol. The number of benzene rings is 1. The van der Waals surface area contributed by atoms with E-state index < -0.39 is 0 Å². The standard InChI is InChI=1S/C16H20N4/c1-3-20-16-7-5-4-6-14(16)15(18-20)11-19-9-8-13(10-19)12(2)17/h4-10,12H,3,11,17H2,1-2H3. The van der Waals surface area contributed by atoms with Crippen LogP contribution in [-0.2, 0) is 13.1 Å². The van der Waals surface area contributed by atoms with E-state index in [0.29, 0.717) is 0 Å². The van der Waals surface area contributed by atoms with E-state index in [9.17, 15) is 0 Å². The molecule has 0 radical (unpaired) electrons. The number of para-hydroxylation sites is 1. The summed E-state index contributed by atoms with van der Waals surface area (Å²) in [6.07, 6.45) is 4.17. The Bertz CT molecular complexity index is 721. The van der Waals surface area contributed by atoms with E-state index in [1.807, 2.05) is 6.92 Å². The van der Waals surface area contributed by atoms with E-state index >= 15 is 0 Å². The van der Waals surface area contributed by atoms with Gasteiger partial charge in [0.25, 0.3) is 0 Å². The van der Waals surface area contributed by atoms with Gasteiger partial charge in [0.15, 0.2) is 0 Å². The third kappa shape index (κ3) is 2.23. The van der Waals surface area contributed by atoms with Gasteiger partial charge in [-0.3, -0.25) is 4.68 Å². The first-order valence-corrected chi connectivity index (χ1v) is 7.04. The summed E-state index contributed by atoms with van der Waals surface area (Å²) in [5, 5.41) is 5.95. The number of nitrogens with two attached hydrogens (primary N) is 1. The van der Waals surface area contributed by atoms with Crippen molar-refractivity contribution in [2.24, 2.45) is 5.73 Å². The van der Waals surface area contributed by atoms with Crippen molar-refractivity contribution in [2.45, 2.75) is 33.0 Å². The van der Waals surface area contributed by atoms with Crippen molar-refractivity contribution in [1.29, 1.82) is 0 Å². The summed E-state index contributed by atoms with van der Waals surface area (Å²) in [6.45, 7) is 5.78. The molecule has 20 heavy (non-hydrogen) atoms. The van der Waals surface area contributed by atoms with Crippen LogP contribution < -0.4 is 5.73 Å². The quantitative estimate of drug-likeness (QED) is 0.791. The topological polar surface area (TPSA) is 48.8 Å². The summed E-state index contributed by atoms with van der Waals surface area (Å²) >= 11 is 0. The van der Waals surface area contributed by atoms with Crippen LogP contribution >= 0.6 is 0 Å². The predicted octanol–water partition coefficient (Wildman–Crippen LogP) is 2.93. The molecule has 2 aromatic heterocycles. The maximum absolute atomic E-state index is 5.90. The Morgan fingerprint density at radius 2 is 2.05 bits per heavy atom. The fraction of sp³-hybridized carbons (Fsp3) is 0.312. The van der Waals surface area contributed by atoms with E-state index in [1.54, 1.807) is 0 Å². The van der Waals surface area contributed by atoms with Gasteiger partial charge in [0.1, 0.15) is 0 Å². The lowest BCUT2D eigenvalue weighted by Gasteiger charge is -2.02. The van der Waals surface area contributed by atoms with Crippen LogP contribution in [0.4, 0.5) is 0 Å². The van der Waals surface area contributed by atoms with Crippen molar-refractivity contribution in [2.75, 3.05) is 0 Å². The first-order chi connectivity index (χ1) is 9.69. The van der Waals surface area contributed by atoms with Crippen molar-refractivity contribution in [3.05, 3.63) is 54.0 Å². The lowest BCUT2D eigenvalue weighted by Crippen LogP contribution is -2.04. The molecule has 0 fully saturated rings. The SMILES string of the molecule is CCn1nc(Cn2ccc(C(C)N)c2)c2ccccc21. The number of hydrogen-bond donors (Lipinski definition) is 1. The fourth-order valence-electron chi connectivity index (χ4n) is 2.55. The molecule has 0 amide bonds. The molecule has 0 aliphatic carbocycles. The Balaban J connectivity index is 1.97. The second kappa shape index (κ2) is 5.13. The molecule has 2 heterocycles. The van der Waals surface area contributed by atoms with E-state index in [2.05, 4.69) is 58.9 Å². The molecule has 1 aromatic carbocycles. The average Bonchev–Trinajstić information content (AvgIpc) is 3.05. The Hall–Kier alpha value is -2.07. The zero-order valence-electron chi connectivity index (χ0n) is 12.0. The summed E-state index contributed by atoms with van der Waals surface area (Å²) in [4.78, 5) is 0. The minimum Gasteiger partial charge on any atom is -0.348 e. The molecule has 0 aliphatic rings. The third-order valence-corrected chi connectivity index (χ3v) is 3.67. The summed E-state index contributed by atoms with van der Waals surface area (Å²) in [7, 11) is 0. The Kier molecular flexibility index (Phi) is 3.32. The third-order valence-electron chi connectivity index (χ3n) is 3.67. The highest BCUT2D eigenvalue weighted by Gasteiger charge is 2.10. The van der Waals surface area contributed by atoms with Crippen molar-refractivity contribution < 1.29 is 0 Å². The normalized spacial score (nSPS) is 12.9. The van der Waals surface area contributed by atoms with E-state index in [0.717, 1.165) is 24.3 Å². The molecule has 1 unspecified atom stereocenters. The molecule has 2 N–H and O–H groups in total. The lowest BCUT2D eigenvalue weighted by molar-refractivity contribution is 0.653. The molecule has 0 spiro atoms. The van der Waals surface area contributed by atoms with E-state index in [4.69, 9.17) is 10.8 Å². The zero-order chi connectivity index (χ0) is 14.1. The molecule has 1 atom stereocenters. The van der Waals surface area contributed by atoms with Crippen LogP contribution in [0.25, 0.3) is 10.9 Å². The van der Waals surface area contributed by atoms with Crippen LogP contribution in [0.3, 0.4) is 0 Å². The number of nitrogens with zero attached hydrogens (tertiary/aromatic N) is 3. The monoisotopic (exact) mass is 268 g/mol. The Morgan fingerprint density at radius 1 is 1.25 bits per heavy atom. The highest BCUT2D eigenvalue weighted by molar-refractivity contribution is 5.81. The van der Waals surface area contributed by atoms with Crippen LogP contribution in [0.1, 0.15) is 31.1 Å². The summed E-state index contributed by atoms with van der Waals surface area (Å²) < 4.78 is 4.20. The Labute approximate surface area is 118 Å². The first-order valence-electron chi connectivity index (χ1n) is 7.04. The highest BCUT2D eigenvalue weighted by Crippen LogP contribution is 2.20. The van der Waals surface area contributed by atoms with Crippen molar-refractivity contribution in [3.63, 3.8) is 0 Å². The van der Waals surface area contributed by atoms with Crippen LogP contribution in [0.15, 0.2) is 42.7 Å². The average molecular weight is 268 g/mol. The zero-order valence-corrected chi connectivity index (χ0v) is 12.0. The van der Waals surface area contributed by atoms with Gasteiger partial charge >= 0.3 is 0 Å². The maximum Gasteiger partial charge on any atom is 0.0900 e. The van der Waals surface area contributed by atoms with Gasteiger partial charge in [-0.05, 0) is 31.5 Å². The smallest absolute Gasteiger partial charge is 0.0900 e. The van der Waals surface area contributed by atoms with Crippen molar-refractivity contribution >= 4 is 10.9 Å². The van der Waals surface area contributed by atoms with Gasteiger partial charge in [-0.2, -0.15) is 5.10 Å². The molecule has 4 heteroatoms. The molecule has 0 aliphatic heterocycles. The van der Waals surface area contributed by atoms with E-state index in [-0.39, 0.29) is 6.04 Å². The minimum absolute atomic E-state index is 0.0705.